The highest BCUT2D eigenvalue weighted by atomic mass is 32.2. The smallest absolute Gasteiger partial charge is 0.243 e. The number of benzene rings is 1. The summed E-state index contributed by atoms with van der Waals surface area (Å²) in [6, 6.07) is 9.49. The van der Waals surface area contributed by atoms with Gasteiger partial charge in [-0.1, -0.05) is 6.07 Å². The second-order valence-corrected chi connectivity index (χ2v) is 10.1. The summed E-state index contributed by atoms with van der Waals surface area (Å²) in [5.74, 6) is 0. The molecule has 0 unspecified atom stereocenters. The number of sulfonamides is 1. The Morgan fingerprint density at radius 2 is 1.73 bits per heavy atom. The van der Waals surface area contributed by atoms with Crippen molar-refractivity contribution in [2.75, 3.05) is 39.4 Å². The van der Waals surface area contributed by atoms with E-state index in [0.29, 0.717) is 18.0 Å². The molecule has 2 heterocycles. The van der Waals surface area contributed by atoms with Crippen LogP contribution in [-0.2, 0) is 34.1 Å². The maximum atomic E-state index is 13.6. The quantitative estimate of drug-likeness (QED) is 0.646. The molecular formula is C23H31N3O3S. The molecule has 30 heavy (non-hydrogen) atoms. The number of morpholine rings is 1. The van der Waals surface area contributed by atoms with Crippen molar-refractivity contribution in [1.29, 1.82) is 0 Å². The van der Waals surface area contributed by atoms with Crippen LogP contribution in [-0.4, -0.2) is 62.0 Å². The minimum Gasteiger partial charge on any atom is -0.379 e. The van der Waals surface area contributed by atoms with Gasteiger partial charge in [-0.3, -0.25) is 9.88 Å². The van der Waals surface area contributed by atoms with E-state index in [1.54, 1.807) is 22.8 Å². The molecule has 4 rings (SSSR count). The minimum atomic E-state index is -3.57. The van der Waals surface area contributed by atoms with Gasteiger partial charge in [0.1, 0.15) is 0 Å². The Hall–Kier alpha value is -1.80. The van der Waals surface area contributed by atoms with Gasteiger partial charge in [-0.05, 0) is 79.6 Å². The van der Waals surface area contributed by atoms with Crippen molar-refractivity contribution >= 4 is 10.0 Å². The maximum absolute atomic E-state index is 13.6. The van der Waals surface area contributed by atoms with Gasteiger partial charge in [0, 0.05) is 38.6 Å². The van der Waals surface area contributed by atoms with Crippen LogP contribution in [0.2, 0.25) is 0 Å². The van der Waals surface area contributed by atoms with E-state index in [9.17, 15) is 8.42 Å². The summed E-state index contributed by atoms with van der Waals surface area (Å²) < 4.78 is 34.2. The van der Waals surface area contributed by atoms with Crippen LogP contribution >= 0.6 is 0 Å². The highest BCUT2D eigenvalue weighted by Gasteiger charge is 2.26. The van der Waals surface area contributed by atoms with E-state index in [1.165, 1.54) is 17.5 Å². The lowest BCUT2D eigenvalue weighted by atomic mass is 9.92. The predicted octanol–water partition coefficient (Wildman–Crippen LogP) is 2.87. The van der Waals surface area contributed by atoms with E-state index < -0.39 is 10.0 Å². The SMILES string of the molecule is O=S(=O)(c1ccc2c(c1)CCCC2)N(CCCN1CCOCC1)Cc1ccncc1. The van der Waals surface area contributed by atoms with Crippen molar-refractivity contribution in [3.05, 3.63) is 59.4 Å². The normalized spacial score (nSPS) is 17.8. The van der Waals surface area contributed by atoms with Crippen LogP contribution in [0, 0.1) is 0 Å². The maximum Gasteiger partial charge on any atom is 0.243 e. The zero-order valence-corrected chi connectivity index (χ0v) is 18.3. The predicted molar refractivity (Wildman–Crippen MR) is 117 cm³/mol. The van der Waals surface area contributed by atoms with Gasteiger partial charge in [0.2, 0.25) is 10.0 Å². The summed E-state index contributed by atoms with van der Waals surface area (Å²) in [6.45, 7) is 5.10. The molecule has 0 amide bonds. The van der Waals surface area contributed by atoms with Crippen molar-refractivity contribution in [1.82, 2.24) is 14.2 Å². The zero-order valence-electron chi connectivity index (χ0n) is 17.5. The lowest BCUT2D eigenvalue weighted by Crippen LogP contribution is -2.39. The molecule has 1 saturated heterocycles. The van der Waals surface area contributed by atoms with Crippen molar-refractivity contribution < 1.29 is 13.2 Å². The largest absolute Gasteiger partial charge is 0.379 e. The third kappa shape index (κ3) is 5.27. The molecule has 6 nitrogen and oxygen atoms in total. The second-order valence-electron chi connectivity index (χ2n) is 8.14. The molecule has 0 N–H and O–H groups in total. The topological polar surface area (TPSA) is 62.7 Å². The number of fused-ring (bicyclic) bond motifs is 1. The first-order valence-electron chi connectivity index (χ1n) is 10.9. The van der Waals surface area contributed by atoms with Crippen LogP contribution in [0.1, 0.15) is 36.0 Å². The van der Waals surface area contributed by atoms with Crippen molar-refractivity contribution in [2.24, 2.45) is 0 Å². The lowest BCUT2D eigenvalue weighted by molar-refractivity contribution is 0.0368. The van der Waals surface area contributed by atoms with Gasteiger partial charge in [-0.2, -0.15) is 4.31 Å². The average Bonchev–Trinajstić information content (AvgIpc) is 2.79. The number of ether oxygens (including phenoxy) is 1. The zero-order chi connectivity index (χ0) is 20.8. The Bertz CT molecular complexity index is 928. The molecule has 162 valence electrons. The van der Waals surface area contributed by atoms with Crippen LogP contribution < -0.4 is 0 Å². The summed E-state index contributed by atoms with van der Waals surface area (Å²) in [4.78, 5) is 6.82. The number of aryl methyl sites for hydroxylation is 2. The molecule has 7 heteroatoms. The van der Waals surface area contributed by atoms with Crippen LogP contribution in [0.25, 0.3) is 0 Å². The van der Waals surface area contributed by atoms with Crippen molar-refractivity contribution in [3.8, 4) is 0 Å². The standard InChI is InChI=1S/C23H31N3O3S/c27-30(28,23-7-6-21-4-1-2-5-22(21)18-23)26(19-20-8-10-24-11-9-20)13-3-12-25-14-16-29-17-15-25/h6-11,18H,1-5,12-17,19H2. The van der Waals surface area contributed by atoms with Crippen LogP contribution in [0.5, 0.6) is 0 Å². The van der Waals surface area contributed by atoms with Crippen molar-refractivity contribution in [2.45, 2.75) is 43.5 Å². The summed E-state index contributed by atoms with van der Waals surface area (Å²) in [5.41, 5.74) is 3.45. The number of rotatable bonds is 8. The molecular weight excluding hydrogens is 398 g/mol. The van der Waals surface area contributed by atoms with Gasteiger partial charge in [-0.25, -0.2) is 8.42 Å². The highest BCUT2D eigenvalue weighted by Crippen LogP contribution is 2.26. The third-order valence-electron chi connectivity index (χ3n) is 6.05. The lowest BCUT2D eigenvalue weighted by Gasteiger charge is -2.28. The molecule has 0 radical (unpaired) electrons. The van der Waals surface area contributed by atoms with Crippen molar-refractivity contribution in [3.63, 3.8) is 0 Å². The Kier molecular flexibility index (Phi) is 7.15. The monoisotopic (exact) mass is 429 g/mol. The van der Waals surface area contributed by atoms with E-state index in [2.05, 4.69) is 9.88 Å². The molecule has 1 aromatic heterocycles. The van der Waals surface area contributed by atoms with E-state index in [0.717, 1.165) is 64.1 Å². The summed E-state index contributed by atoms with van der Waals surface area (Å²) >= 11 is 0. The van der Waals surface area contributed by atoms with Crippen LogP contribution in [0.15, 0.2) is 47.6 Å². The van der Waals surface area contributed by atoms with Gasteiger partial charge in [-0.15, -0.1) is 0 Å². The highest BCUT2D eigenvalue weighted by molar-refractivity contribution is 7.89. The minimum absolute atomic E-state index is 0.366. The first-order valence-corrected chi connectivity index (χ1v) is 12.4. The summed E-state index contributed by atoms with van der Waals surface area (Å²) in [5, 5.41) is 0. The Morgan fingerprint density at radius 3 is 2.50 bits per heavy atom. The molecule has 0 bridgehead atoms. The van der Waals surface area contributed by atoms with Gasteiger partial charge >= 0.3 is 0 Å². The Balaban J connectivity index is 1.52. The van der Waals surface area contributed by atoms with E-state index in [1.807, 2.05) is 24.3 Å². The second kappa shape index (κ2) is 10.0. The fourth-order valence-electron chi connectivity index (χ4n) is 4.29. The molecule has 1 aliphatic carbocycles. The molecule has 0 saturated carbocycles. The molecule has 0 atom stereocenters. The fraction of sp³-hybridized carbons (Fsp3) is 0.522. The fourth-order valence-corrected chi connectivity index (χ4v) is 5.81. The number of hydrogen-bond donors (Lipinski definition) is 0. The Labute approximate surface area is 179 Å². The Morgan fingerprint density at radius 1 is 1.00 bits per heavy atom. The third-order valence-corrected chi connectivity index (χ3v) is 7.89. The molecule has 1 aliphatic heterocycles. The first kappa shape index (κ1) is 21.4. The molecule has 1 aromatic carbocycles. The van der Waals surface area contributed by atoms with Crippen LogP contribution in [0.4, 0.5) is 0 Å². The molecule has 2 aromatic rings. The molecule has 0 spiro atoms. The molecule has 2 aliphatic rings. The molecule has 1 fully saturated rings. The van der Waals surface area contributed by atoms with Gasteiger partial charge in [0.15, 0.2) is 0 Å². The summed E-state index contributed by atoms with van der Waals surface area (Å²) in [7, 11) is -3.57. The summed E-state index contributed by atoms with van der Waals surface area (Å²) in [6.07, 6.45) is 8.58. The number of hydrogen-bond acceptors (Lipinski definition) is 5. The first-order chi connectivity index (χ1) is 14.6. The average molecular weight is 430 g/mol. The van der Waals surface area contributed by atoms with Crippen LogP contribution in [0.3, 0.4) is 0 Å². The van der Waals surface area contributed by atoms with E-state index >= 15 is 0 Å². The number of aromatic nitrogens is 1. The number of nitrogens with zero attached hydrogens (tertiary/aromatic N) is 3. The van der Waals surface area contributed by atoms with Gasteiger partial charge in [0.05, 0.1) is 18.1 Å². The van der Waals surface area contributed by atoms with E-state index in [4.69, 9.17) is 4.74 Å². The van der Waals surface area contributed by atoms with E-state index in [-0.39, 0.29) is 0 Å². The van der Waals surface area contributed by atoms with Gasteiger partial charge in [0.25, 0.3) is 0 Å². The van der Waals surface area contributed by atoms with Gasteiger partial charge < -0.3 is 4.74 Å². The number of pyridine rings is 1.